The van der Waals surface area contributed by atoms with Crippen molar-refractivity contribution in [1.29, 1.82) is 0 Å². The fourth-order valence-electron chi connectivity index (χ4n) is 1.64. The fourth-order valence-corrected chi connectivity index (χ4v) is 1.81. The van der Waals surface area contributed by atoms with Crippen LogP contribution < -0.4 is 10.1 Å². The molecule has 2 nitrogen and oxygen atoms in total. The first kappa shape index (κ1) is 12.9. The molecule has 0 fully saturated rings. The lowest BCUT2D eigenvalue weighted by molar-refractivity contribution is 0.475. The highest BCUT2D eigenvalue weighted by atomic mass is 35.5. The molecule has 0 aliphatic heterocycles. The highest BCUT2D eigenvalue weighted by Gasteiger charge is 2.05. The molecule has 0 aliphatic carbocycles. The quantitative estimate of drug-likeness (QED) is 0.902. The number of benzene rings is 2. The van der Waals surface area contributed by atoms with Crippen molar-refractivity contribution in [3.8, 4) is 11.5 Å². The number of hydrogen-bond acceptors (Lipinski definition) is 2. The Bertz CT molecular complexity index is 545. The van der Waals surface area contributed by atoms with Gasteiger partial charge in [0.1, 0.15) is 17.3 Å². The fraction of sp³-hybridized carbons (Fsp3) is 0.143. The first-order valence-electron chi connectivity index (χ1n) is 5.55. The van der Waals surface area contributed by atoms with E-state index in [0.29, 0.717) is 23.1 Å². The Morgan fingerprint density at radius 1 is 1.22 bits per heavy atom. The van der Waals surface area contributed by atoms with Crippen molar-refractivity contribution >= 4 is 11.6 Å². The van der Waals surface area contributed by atoms with Crippen LogP contribution in [-0.2, 0) is 6.54 Å². The van der Waals surface area contributed by atoms with Gasteiger partial charge in [-0.15, -0.1) is 0 Å². The van der Waals surface area contributed by atoms with Crippen molar-refractivity contribution < 1.29 is 9.13 Å². The van der Waals surface area contributed by atoms with Gasteiger partial charge in [0.2, 0.25) is 0 Å². The summed E-state index contributed by atoms with van der Waals surface area (Å²) >= 11 is 5.98. The third-order valence-electron chi connectivity index (χ3n) is 2.38. The Balaban J connectivity index is 2.26. The largest absolute Gasteiger partial charge is 0.456 e. The van der Waals surface area contributed by atoms with Gasteiger partial charge >= 0.3 is 0 Å². The number of para-hydroxylation sites is 1. The van der Waals surface area contributed by atoms with Crippen molar-refractivity contribution in [3.05, 3.63) is 58.9 Å². The maximum atomic E-state index is 13.4. The maximum Gasteiger partial charge on any atom is 0.146 e. The molecule has 2 rings (SSSR count). The van der Waals surface area contributed by atoms with Gasteiger partial charge in [-0.05, 0) is 36.9 Å². The van der Waals surface area contributed by atoms with Crippen molar-refractivity contribution in [3.63, 3.8) is 0 Å². The Kier molecular flexibility index (Phi) is 4.18. The van der Waals surface area contributed by atoms with Crippen LogP contribution in [0.1, 0.15) is 5.56 Å². The zero-order valence-corrected chi connectivity index (χ0v) is 10.7. The van der Waals surface area contributed by atoms with Crippen LogP contribution in [0.15, 0.2) is 42.5 Å². The van der Waals surface area contributed by atoms with Gasteiger partial charge in [-0.25, -0.2) is 4.39 Å². The van der Waals surface area contributed by atoms with E-state index < -0.39 is 0 Å². The first-order chi connectivity index (χ1) is 8.69. The Hall–Kier alpha value is -1.58. The molecule has 0 radical (unpaired) electrons. The number of halogens is 2. The predicted octanol–water partition coefficient (Wildman–Crippen LogP) is 3.99. The minimum Gasteiger partial charge on any atom is -0.456 e. The molecule has 0 saturated carbocycles. The third kappa shape index (κ3) is 3.22. The summed E-state index contributed by atoms with van der Waals surface area (Å²) in [6, 6.07) is 11.7. The van der Waals surface area contributed by atoms with E-state index in [9.17, 15) is 4.39 Å². The smallest absolute Gasteiger partial charge is 0.146 e. The third-order valence-corrected chi connectivity index (χ3v) is 2.69. The molecule has 2 aromatic rings. The molecule has 0 atom stereocenters. The molecule has 18 heavy (non-hydrogen) atoms. The van der Waals surface area contributed by atoms with E-state index in [4.69, 9.17) is 16.3 Å². The molecule has 0 aromatic heterocycles. The molecular formula is C14H13ClFNO. The van der Waals surface area contributed by atoms with Crippen LogP contribution in [0.4, 0.5) is 4.39 Å². The van der Waals surface area contributed by atoms with E-state index in [1.165, 1.54) is 12.1 Å². The van der Waals surface area contributed by atoms with Gasteiger partial charge in [-0.2, -0.15) is 0 Å². The molecule has 1 N–H and O–H groups in total. The maximum absolute atomic E-state index is 13.4. The lowest BCUT2D eigenvalue weighted by atomic mass is 10.2. The Morgan fingerprint density at radius 2 is 2.00 bits per heavy atom. The molecule has 0 unspecified atom stereocenters. The number of hydrogen-bond donors (Lipinski definition) is 1. The minimum atomic E-state index is -0.329. The van der Waals surface area contributed by atoms with Crippen LogP contribution in [-0.4, -0.2) is 7.05 Å². The van der Waals surface area contributed by atoms with Gasteiger partial charge in [0, 0.05) is 12.6 Å². The van der Waals surface area contributed by atoms with E-state index in [0.717, 1.165) is 5.56 Å². The molecule has 94 valence electrons. The molecule has 2 aromatic carbocycles. The Labute approximate surface area is 110 Å². The highest BCUT2D eigenvalue weighted by Crippen LogP contribution is 2.29. The van der Waals surface area contributed by atoms with Gasteiger partial charge in [0.05, 0.1) is 5.02 Å². The minimum absolute atomic E-state index is 0.329. The number of nitrogens with one attached hydrogen (secondary N) is 1. The molecular weight excluding hydrogens is 253 g/mol. The second kappa shape index (κ2) is 5.85. The highest BCUT2D eigenvalue weighted by molar-refractivity contribution is 6.32. The van der Waals surface area contributed by atoms with Crippen LogP contribution >= 0.6 is 11.6 Å². The average molecular weight is 266 g/mol. The molecule has 0 heterocycles. The van der Waals surface area contributed by atoms with E-state index >= 15 is 0 Å². The summed E-state index contributed by atoms with van der Waals surface area (Å²) in [5.74, 6) is 0.623. The van der Waals surface area contributed by atoms with Crippen molar-refractivity contribution in [2.24, 2.45) is 0 Å². The first-order valence-corrected chi connectivity index (χ1v) is 5.93. The van der Waals surface area contributed by atoms with Crippen LogP contribution in [0, 0.1) is 5.82 Å². The molecule has 0 saturated heterocycles. The van der Waals surface area contributed by atoms with Crippen LogP contribution in [0.2, 0.25) is 5.02 Å². The topological polar surface area (TPSA) is 21.3 Å². The van der Waals surface area contributed by atoms with Gasteiger partial charge in [0.15, 0.2) is 0 Å². The zero-order valence-electron chi connectivity index (χ0n) is 9.91. The Morgan fingerprint density at radius 3 is 2.72 bits per heavy atom. The van der Waals surface area contributed by atoms with Crippen LogP contribution in [0.5, 0.6) is 11.5 Å². The van der Waals surface area contributed by atoms with Crippen molar-refractivity contribution in [1.82, 2.24) is 5.32 Å². The molecule has 0 bridgehead atoms. The predicted molar refractivity (Wildman–Crippen MR) is 70.7 cm³/mol. The zero-order chi connectivity index (χ0) is 13.0. The van der Waals surface area contributed by atoms with Gasteiger partial charge in [-0.3, -0.25) is 0 Å². The van der Waals surface area contributed by atoms with Gasteiger partial charge < -0.3 is 10.1 Å². The van der Waals surface area contributed by atoms with Crippen LogP contribution in [0.25, 0.3) is 0 Å². The summed E-state index contributed by atoms with van der Waals surface area (Å²) in [7, 11) is 1.81. The number of ether oxygens (including phenoxy) is 1. The van der Waals surface area contributed by atoms with Crippen LogP contribution in [0.3, 0.4) is 0 Å². The van der Waals surface area contributed by atoms with Crippen molar-refractivity contribution in [2.75, 3.05) is 7.05 Å². The second-order valence-electron chi connectivity index (χ2n) is 3.86. The summed E-state index contributed by atoms with van der Waals surface area (Å²) in [5.41, 5.74) is 0.819. The van der Waals surface area contributed by atoms with Gasteiger partial charge in [-0.1, -0.05) is 23.7 Å². The molecule has 0 spiro atoms. The summed E-state index contributed by atoms with van der Waals surface area (Å²) in [5, 5.41) is 3.46. The summed E-state index contributed by atoms with van der Waals surface area (Å²) in [4.78, 5) is 0. The second-order valence-corrected chi connectivity index (χ2v) is 4.27. The SMILES string of the molecule is CNCc1cc(F)cc(Oc2ccccc2Cl)c1. The van der Waals surface area contributed by atoms with E-state index in [2.05, 4.69) is 5.32 Å². The van der Waals surface area contributed by atoms with Crippen molar-refractivity contribution in [2.45, 2.75) is 6.54 Å². The van der Waals surface area contributed by atoms with E-state index in [-0.39, 0.29) is 5.82 Å². The standard InChI is InChI=1S/C14H13ClFNO/c1-17-9-10-6-11(16)8-12(7-10)18-14-5-3-2-4-13(14)15/h2-8,17H,9H2,1H3. The average Bonchev–Trinajstić information content (AvgIpc) is 2.32. The lowest BCUT2D eigenvalue weighted by Gasteiger charge is -2.09. The number of rotatable bonds is 4. The van der Waals surface area contributed by atoms with Gasteiger partial charge in [0.25, 0.3) is 0 Å². The van der Waals surface area contributed by atoms with E-state index in [1.54, 1.807) is 25.2 Å². The lowest BCUT2D eigenvalue weighted by Crippen LogP contribution is -2.05. The molecule has 0 aliphatic rings. The summed E-state index contributed by atoms with van der Waals surface area (Å²) < 4.78 is 19.0. The molecule has 0 amide bonds. The van der Waals surface area contributed by atoms with E-state index in [1.807, 2.05) is 12.1 Å². The molecule has 4 heteroatoms. The monoisotopic (exact) mass is 265 g/mol. The summed E-state index contributed by atoms with van der Waals surface area (Å²) in [6.45, 7) is 0.580. The summed E-state index contributed by atoms with van der Waals surface area (Å²) in [6.07, 6.45) is 0. The normalized spacial score (nSPS) is 10.4.